The van der Waals surface area contributed by atoms with Crippen LogP contribution in [0.15, 0.2) is 0 Å². The van der Waals surface area contributed by atoms with Crippen molar-refractivity contribution >= 4 is 16.0 Å². The Morgan fingerprint density at radius 2 is 2.25 bits per heavy atom. The topological polar surface area (TPSA) is 107 Å². The average Bonchev–Trinajstić information content (AvgIpc) is 1.99. The second-order valence-electron chi connectivity index (χ2n) is 2.00. The maximum absolute atomic E-state index is 10.9. The number of carbonyl (C=O) groups is 1. The number of sulfonamides is 1. The second-order valence-corrected chi connectivity index (χ2v) is 4.09. The first-order valence-corrected chi connectivity index (χ1v) is 4.54. The van der Waals surface area contributed by atoms with Crippen molar-refractivity contribution in [1.82, 2.24) is 4.72 Å². The molecule has 0 bridgehead atoms. The van der Waals surface area contributed by atoms with E-state index in [0.29, 0.717) is 0 Å². The van der Waals surface area contributed by atoms with E-state index < -0.39 is 27.8 Å². The van der Waals surface area contributed by atoms with Crippen LogP contribution in [0.5, 0.6) is 0 Å². The summed E-state index contributed by atoms with van der Waals surface area (Å²) in [6.45, 7) is 0.613. The normalized spacial score (nSPS) is 13.3. The highest BCUT2D eigenvalue weighted by Gasteiger charge is 2.26. The molecule has 0 radical (unpaired) electrons. The van der Waals surface area contributed by atoms with Crippen LogP contribution in [-0.4, -0.2) is 31.3 Å². The van der Waals surface area contributed by atoms with Gasteiger partial charge in [-0.05, 0) is 6.92 Å². The van der Waals surface area contributed by atoms with Gasteiger partial charge in [0, 0.05) is 0 Å². The third-order valence-corrected chi connectivity index (χ3v) is 2.84. The van der Waals surface area contributed by atoms with Gasteiger partial charge in [-0.25, -0.2) is 13.1 Å². The summed E-state index contributed by atoms with van der Waals surface area (Å²) in [4.78, 5) is 10.2. The number of carboxylic acid groups (broad SMARTS) is 1. The minimum absolute atomic E-state index is 0.417. The van der Waals surface area contributed by atoms with E-state index in [1.54, 1.807) is 0 Å². The summed E-state index contributed by atoms with van der Waals surface area (Å²) in [6, 6.07) is 1.53. The van der Waals surface area contributed by atoms with Crippen LogP contribution in [0.3, 0.4) is 0 Å². The van der Waals surface area contributed by atoms with Crippen LogP contribution < -0.4 is 4.72 Å². The van der Waals surface area contributed by atoms with E-state index in [1.165, 1.54) is 6.07 Å². The lowest BCUT2D eigenvalue weighted by molar-refractivity contribution is -0.136. The molecule has 0 aromatic heterocycles. The Bertz CT molecular complexity index is 302. The van der Waals surface area contributed by atoms with Gasteiger partial charge in [-0.2, -0.15) is 5.26 Å². The second kappa shape index (κ2) is 4.04. The van der Waals surface area contributed by atoms with Gasteiger partial charge in [0.1, 0.15) is 0 Å². The molecule has 0 fully saturated rings. The Kier molecular flexibility index (Phi) is 3.66. The lowest BCUT2D eigenvalue weighted by Gasteiger charge is -2.06. The van der Waals surface area contributed by atoms with Crippen molar-refractivity contribution in [3.8, 4) is 6.07 Å². The maximum atomic E-state index is 10.9. The quantitative estimate of drug-likeness (QED) is 0.550. The van der Waals surface area contributed by atoms with Crippen molar-refractivity contribution in [3.63, 3.8) is 0 Å². The fourth-order valence-electron chi connectivity index (χ4n) is 0.391. The molecule has 6 nitrogen and oxygen atoms in total. The molecule has 0 spiro atoms. The van der Waals surface area contributed by atoms with E-state index >= 15 is 0 Å². The van der Waals surface area contributed by atoms with Crippen LogP contribution in [0.25, 0.3) is 0 Å². The molecule has 0 aliphatic heterocycles. The molecule has 0 rings (SSSR count). The summed E-state index contributed by atoms with van der Waals surface area (Å²) in [5.74, 6) is -1.44. The first kappa shape index (κ1) is 10.9. The predicted molar refractivity (Wildman–Crippen MR) is 39.6 cm³/mol. The molecule has 2 N–H and O–H groups in total. The number of rotatable bonds is 4. The molecule has 0 aliphatic rings. The Labute approximate surface area is 69.9 Å². The van der Waals surface area contributed by atoms with Gasteiger partial charge in [-0.1, -0.05) is 0 Å². The zero-order valence-corrected chi connectivity index (χ0v) is 7.13. The molecule has 0 amide bonds. The molecule has 0 aliphatic carbocycles. The molecule has 7 heteroatoms. The van der Waals surface area contributed by atoms with Crippen LogP contribution in [0.1, 0.15) is 6.92 Å². The summed E-state index contributed by atoms with van der Waals surface area (Å²) in [7, 11) is -3.89. The highest BCUT2D eigenvalue weighted by molar-refractivity contribution is 7.90. The van der Waals surface area contributed by atoms with E-state index in [9.17, 15) is 13.2 Å². The van der Waals surface area contributed by atoms with Crippen molar-refractivity contribution in [1.29, 1.82) is 5.26 Å². The number of nitrogens with zero attached hydrogens (tertiary/aromatic N) is 1. The molecule has 0 aromatic rings. The smallest absolute Gasteiger partial charge is 0.323 e. The van der Waals surface area contributed by atoms with Gasteiger partial charge in [0.25, 0.3) is 0 Å². The Morgan fingerprint density at radius 1 is 1.75 bits per heavy atom. The largest absolute Gasteiger partial charge is 0.480 e. The van der Waals surface area contributed by atoms with Crippen molar-refractivity contribution in [2.24, 2.45) is 0 Å². The molecule has 0 aromatic carbocycles. The molecular formula is C5H8N2O4S. The fourth-order valence-corrected chi connectivity index (χ4v) is 1.17. The summed E-state index contributed by atoms with van der Waals surface area (Å²) in [5, 5.41) is 14.8. The molecule has 0 saturated heterocycles. The lowest BCUT2D eigenvalue weighted by atomic mass is 10.5. The van der Waals surface area contributed by atoms with Crippen molar-refractivity contribution in [3.05, 3.63) is 0 Å². The molecule has 0 saturated carbocycles. The van der Waals surface area contributed by atoms with Crippen LogP contribution in [0.2, 0.25) is 0 Å². The van der Waals surface area contributed by atoms with E-state index in [-0.39, 0.29) is 0 Å². The SMILES string of the molecule is CC(C(=O)O)S(=O)(=O)NCC#N. The highest BCUT2D eigenvalue weighted by Crippen LogP contribution is 1.96. The maximum Gasteiger partial charge on any atom is 0.323 e. The third kappa shape index (κ3) is 2.86. The molecule has 1 unspecified atom stereocenters. The third-order valence-electron chi connectivity index (χ3n) is 1.17. The number of aliphatic carboxylic acids is 1. The number of carboxylic acids is 1. The lowest BCUT2D eigenvalue weighted by Crippen LogP contribution is -2.37. The minimum atomic E-state index is -3.89. The van der Waals surface area contributed by atoms with Gasteiger partial charge in [0.2, 0.25) is 10.0 Å². The van der Waals surface area contributed by atoms with Gasteiger partial charge in [0.05, 0.1) is 12.6 Å². The van der Waals surface area contributed by atoms with Gasteiger partial charge in [-0.15, -0.1) is 0 Å². The predicted octanol–water partition coefficient (Wildman–Crippen LogP) is -1.10. The number of nitrogens with one attached hydrogen (secondary N) is 1. The van der Waals surface area contributed by atoms with Gasteiger partial charge in [0.15, 0.2) is 5.25 Å². The van der Waals surface area contributed by atoms with E-state index in [4.69, 9.17) is 10.4 Å². The highest BCUT2D eigenvalue weighted by atomic mass is 32.2. The Balaban J connectivity index is 4.43. The van der Waals surface area contributed by atoms with E-state index in [1.807, 2.05) is 4.72 Å². The summed E-state index contributed by atoms with van der Waals surface area (Å²) < 4.78 is 23.6. The minimum Gasteiger partial charge on any atom is -0.480 e. The van der Waals surface area contributed by atoms with Crippen molar-refractivity contribution in [2.45, 2.75) is 12.2 Å². The van der Waals surface area contributed by atoms with E-state index in [2.05, 4.69) is 0 Å². The summed E-state index contributed by atoms with van der Waals surface area (Å²) >= 11 is 0. The molecule has 68 valence electrons. The molecule has 1 atom stereocenters. The monoisotopic (exact) mass is 192 g/mol. The zero-order chi connectivity index (χ0) is 9.78. The summed E-state index contributed by atoms with van der Waals surface area (Å²) in [6.07, 6.45) is 0. The molecule has 12 heavy (non-hydrogen) atoms. The average molecular weight is 192 g/mol. The Morgan fingerprint density at radius 3 is 2.58 bits per heavy atom. The molecular weight excluding hydrogens is 184 g/mol. The van der Waals surface area contributed by atoms with Crippen molar-refractivity contribution in [2.75, 3.05) is 6.54 Å². The summed E-state index contributed by atoms with van der Waals surface area (Å²) in [5.41, 5.74) is 0. The molecule has 0 heterocycles. The van der Waals surface area contributed by atoms with Crippen LogP contribution in [0, 0.1) is 11.3 Å². The first-order valence-electron chi connectivity index (χ1n) is 3.00. The number of nitriles is 1. The van der Waals surface area contributed by atoms with Gasteiger partial charge >= 0.3 is 5.97 Å². The van der Waals surface area contributed by atoms with Crippen molar-refractivity contribution < 1.29 is 18.3 Å². The fraction of sp³-hybridized carbons (Fsp3) is 0.600. The zero-order valence-electron chi connectivity index (χ0n) is 6.31. The number of hydrogen-bond donors (Lipinski definition) is 2. The van der Waals surface area contributed by atoms with Crippen LogP contribution in [-0.2, 0) is 14.8 Å². The Hall–Kier alpha value is -1.13. The van der Waals surface area contributed by atoms with Crippen LogP contribution >= 0.6 is 0 Å². The van der Waals surface area contributed by atoms with Gasteiger partial charge in [-0.3, -0.25) is 4.79 Å². The van der Waals surface area contributed by atoms with Crippen LogP contribution in [0.4, 0.5) is 0 Å². The standard InChI is InChI=1S/C5H8N2O4S/c1-4(5(8)9)12(10,11)7-3-2-6/h4,7H,3H2,1H3,(H,8,9). The first-order chi connectivity index (χ1) is 5.41. The number of hydrogen-bond acceptors (Lipinski definition) is 4. The van der Waals surface area contributed by atoms with Gasteiger partial charge < -0.3 is 5.11 Å². The van der Waals surface area contributed by atoms with E-state index in [0.717, 1.165) is 6.92 Å².